The molecule has 0 bridgehead atoms. The van der Waals surface area contributed by atoms with Crippen LogP contribution in [0.1, 0.15) is 46.4 Å². The Labute approximate surface area is 174 Å². The van der Waals surface area contributed by atoms with E-state index in [1.807, 2.05) is 47.4 Å². The second-order valence-corrected chi connectivity index (χ2v) is 7.62. The third-order valence-corrected chi connectivity index (χ3v) is 5.28. The fourth-order valence-electron chi connectivity index (χ4n) is 3.52. The molecule has 1 aromatic heterocycles. The van der Waals surface area contributed by atoms with Crippen LogP contribution in [0.5, 0.6) is 5.75 Å². The summed E-state index contributed by atoms with van der Waals surface area (Å²) >= 11 is 5.93. The Balaban J connectivity index is 1.47. The highest BCUT2D eigenvalue weighted by Gasteiger charge is 2.29. The van der Waals surface area contributed by atoms with Gasteiger partial charge >= 0.3 is 0 Å². The third kappa shape index (κ3) is 4.59. The summed E-state index contributed by atoms with van der Waals surface area (Å²) in [5.74, 6) is 1.81. The zero-order chi connectivity index (χ0) is 20.2. The van der Waals surface area contributed by atoms with Crippen molar-refractivity contribution in [1.82, 2.24) is 15.0 Å². The minimum absolute atomic E-state index is 0.0438. The van der Waals surface area contributed by atoms with E-state index in [1.54, 1.807) is 13.0 Å². The van der Waals surface area contributed by atoms with Gasteiger partial charge in [-0.3, -0.25) is 4.79 Å². The van der Waals surface area contributed by atoms with E-state index in [2.05, 4.69) is 10.1 Å². The molecule has 0 saturated carbocycles. The monoisotopic (exact) mass is 411 g/mol. The molecule has 1 aliphatic rings. The summed E-state index contributed by atoms with van der Waals surface area (Å²) in [6.07, 6.45) is 1.83. The van der Waals surface area contributed by atoms with Gasteiger partial charge in [-0.2, -0.15) is 4.98 Å². The molecule has 1 aliphatic heterocycles. The first-order valence-electron chi connectivity index (χ1n) is 9.66. The van der Waals surface area contributed by atoms with Gasteiger partial charge in [0.2, 0.25) is 5.89 Å². The predicted molar refractivity (Wildman–Crippen MR) is 109 cm³/mol. The first-order chi connectivity index (χ1) is 14.1. The van der Waals surface area contributed by atoms with Gasteiger partial charge in [-0.1, -0.05) is 41.0 Å². The standard InChI is InChI=1S/C22H22ClN3O3/c1-15-24-21(29-25-15)17-5-4-12-26(13-17)22(27)19-6-2-3-7-20(19)28-14-16-8-10-18(23)11-9-16/h2-3,6-11,17H,4-5,12-14H2,1H3. The van der Waals surface area contributed by atoms with Crippen molar-refractivity contribution < 1.29 is 14.1 Å². The normalized spacial score (nSPS) is 16.6. The van der Waals surface area contributed by atoms with Gasteiger partial charge in [-0.15, -0.1) is 0 Å². The number of aryl methyl sites for hydroxylation is 1. The number of hydrogen-bond acceptors (Lipinski definition) is 5. The zero-order valence-corrected chi connectivity index (χ0v) is 16.9. The van der Waals surface area contributed by atoms with E-state index in [0.717, 1.165) is 18.4 Å². The minimum atomic E-state index is -0.0438. The molecule has 1 fully saturated rings. The highest BCUT2D eigenvalue weighted by molar-refractivity contribution is 6.30. The molecule has 1 atom stereocenters. The van der Waals surface area contributed by atoms with Crippen LogP contribution in [0.3, 0.4) is 0 Å². The Bertz CT molecular complexity index is 987. The molecule has 0 aliphatic carbocycles. The van der Waals surface area contributed by atoms with E-state index < -0.39 is 0 Å². The number of nitrogens with zero attached hydrogens (tertiary/aromatic N) is 3. The summed E-state index contributed by atoms with van der Waals surface area (Å²) in [6.45, 7) is 3.43. The fraction of sp³-hybridized carbons (Fsp3) is 0.318. The third-order valence-electron chi connectivity index (χ3n) is 5.03. The van der Waals surface area contributed by atoms with E-state index in [9.17, 15) is 4.79 Å². The van der Waals surface area contributed by atoms with Crippen LogP contribution in [-0.2, 0) is 6.61 Å². The molecule has 0 spiro atoms. The molecule has 2 heterocycles. The van der Waals surface area contributed by atoms with Gasteiger partial charge in [-0.05, 0) is 49.6 Å². The zero-order valence-electron chi connectivity index (χ0n) is 16.2. The molecule has 1 unspecified atom stereocenters. The summed E-state index contributed by atoms with van der Waals surface area (Å²) in [7, 11) is 0. The summed E-state index contributed by atoms with van der Waals surface area (Å²) in [4.78, 5) is 19.4. The lowest BCUT2D eigenvalue weighted by molar-refractivity contribution is 0.0691. The first kappa shape index (κ1) is 19.5. The summed E-state index contributed by atoms with van der Waals surface area (Å²) in [6, 6.07) is 14.8. The predicted octanol–water partition coefficient (Wildman–Crippen LogP) is 4.63. The molecular formula is C22H22ClN3O3. The lowest BCUT2D eigenvalue weighted by Gasteiger charge is -2.31. The Morgan fingerprint density at radius 2 is 2.03 bits per heavy atom. The highest BCUT2D eigenvalue weighted by Crippen LogP contribution is 2.29. The van der Waals surface area contributed by atoms with Crippen LogP contribution in [0.25, 0.3) is 0 Å². The molecule has 3 aromatic rings. The number of benzene rings is 2. The number of piperidine rings is 1. The number of aromatic nitrogens is 2. The van der Waals surface area contributed by atoms with Gasteiger partial charge in [0.05, 0.1) is 11.5 Å². The number of carbonyl (C=O) groups excluding carboxylic acids is 1. The molecule has 1 amide bonds. The average molecular weight is 412 g/mol. The maximum Gasteiger partial charge on any atom is 0.257 e. The molecule has 4 rings (SSSR count). The fourth-order valence-corrected chi connectivity index (χ4v) is 3.65. The smallest absolute Gasteiger partial charge is 0.257 e. The van der Waals surface area contributed by atoms with Crippen molar-refractivity contribution in [2.24, 2.45) is 0 Å². The van der Waals surface area contributed by atoms with E-state index in [4.69, 9.17) is 20.9 Å². The van der Waals surface area contributed by atoms with E-state index in [0.29, 0.717) is 47.7 Å². The van der Waals surface area contributed by atoms with Crippen LogP contribution < -0.4 is 4.74 Å². The van der Waals surface area contributed by atoms with Gasteiger partial charge in [0.25, 0.3) is 5.91 Å². The second kappa shape index (κ2) is 8.66. The largest absolute Gasteiger partial charge is 0.488 e. The molecule has 7 heteroatoms. The Morgan fingerprint density at radius 1 is 1.24 bits per heavy atom. The average Bonchev–Trinajstić information content (AvgIpc) is 3.19. The molecule has 1 saturated heterocycles. The van der Waals surface area contributed by atoms with Gasteiger partial charge in [0, 0.05) is 18.1 Å². The molecular weight excluding hydrogens is 390 g/mol. The van der Waals surface area contributed by atoms with Gasteiger partial charge in [-0.25, -0.2) is 0 Å². The van der Waals surface area contributed by atoms with Gasteiger partial charge < -0.3 is 14.2 Å². The maximum absolute atomic E-state index is 13.2. The first-order valence-corrected chi connectivity index (χ1v) is 10.0. The van der Waals surface area contributed by atoms with Crippen LogP contribution in [0, 0.1) is 6.92 Å². The van der Waals surface area contributed by atoms with Crippen molar-refractivity contribution >= 4 is 17.5 Å². The van der Waals surface area contributed by atoms with Crippen LogP contribution in [-0.4, -0.2) is 34.0 Å². The van der Waals surface area contributed by atoms with Crippen molar-refractivity contribution in [3.8, 4) is 5.75 Å². The van der Waals surface area contributed by atoms with Crippen molar-refractivity contribution in [3.63, 3.8) is 0 Å². The maximum atomic E-state index is 13.2. The highest BCUT2D eigenvalue weighted by atomic mass is 35.5. The number of hydrogen-bond donors (Lipinski definition) is 0. The van der Waals surface area contributed by atoms with Crippen LogP contribution >= 0.6 is 11.6 Å². The van der Waals surface area contributed by atoms with Crippen molar-refractivity contribution in [2.45, 2.75) is 32.3 Å². The second-order valence-electron chi connectivity index (χ2n) is 7.18. The van der Waals surface area contributed by atoms with Crippen LogP contribution in [0.2, 0.25) is 5.02 Å². The molecule has 6 nitrogen and oxygen atoms in total. The lowest BCUT2D eigenvalue weighted by Crippen LogP contribution is -2.39. The number of ether oxygens (including phenoxy) is 1. The number of carbonyl (C=O) groups is 1. The number of rotatable bonds is 5. The summed E-state index contributed by atoms with van der Waals surface area (Å²) < 4.78 is 11.3. The Morgan fingerprint density at radius 3 is 2.79 bits per heavy atom. The minimum Gasteiger partial charge on any atom is -0.488 e. The topological polar surface area (TPSA) is 68.5 Å². The van der Waals surface area contributed by atoms with E-state index in [-0.39, 0.29) is 11.8 Å². The van der Waals surface area contributed by atoms with E-state index >= 15 is 0 Å². The van der Waals surface area contributed by atoms with Crippen LogP contribution in [0.15, 0.2) is 53.1 Å². The van der Waals surface area contributed by atoms with Crippen molar-refractivity contribution in [2.75, 3.05) is 13.1 Å². The molecule has 0 N–H and O–H groups in total. The van der Waals surface area contributed by atoms with Gasteiger partial charge in [0.15, 0.2) is 5.82 Å². The molecule has 2 aromatic carbocycles. The summed E-state index contributed by atoms with van der Waals surface area (Å²) in [5, 5.41) is 4.56. The number of likely N-dealkylation sites (tertiary alicyclic amines) is 1. The Hall–Kier alpha value is -2.86. The molecule has 0 radical (unpaired) electrons. The molecule has 150 valence electrons. The Kier molecular flexibility index (Phi) is 5.81. The SMILES string of the molecule is Cc1noc(C2CCCN(C(=O)c3ccccc3OCc3ccc(Cl)cc3)C2)n1. The summed E-state index contributed by atoms with van der Waals surface area (Å²) in [5.41, 5.74) is 1.55. The van der Waals surface area contributed by atoms with Crippen LogP contribution in [0.4, 0.5) is 0 Å². The van der Waals surface area contributed by atoms with Gasteiger partial charge in [0.1, 0.15) is 12.4 Å². The number of para-hydroxylation sites is 1. The van der Waals surface area contributed by atoms with Crippen molar-refractivity contribution in [1.29, 1.82) is 0 Å². The quantitative estimate of drug-likeness (QED) is 0.612. The lowest BCUT2D eigenvalue weighted by atomic mass is 9.97. The number of halogens is 1. The van der Waals surface area contributed by atoms with Crippen molar-refractivity contribution in [3.05, 3.63) is 76.4 Å². The number of amides is 1. The molecule has 29 heavy (non-hydrogen) atoms. The van der Waals surface area contributed by atoms with E-state index in [1.165, 1.54) is 0 Å².